The number of rotatable bonds is 2. The van der Waals surface area contributed by atoms with Crippen molar-refractivity contribution in [3.63, 3.8) is 0 Å². The number of nitriles is 1. The van der Waals surface area contributed by atoms with Gasteiger partial charge in [-0.05, 0) is 50.1 Å². The maximum absolute atomic E-state index is 13.4. The molecule has 0 unspecified atom stereocenters. The third-order valence-corrected chi connectivity index (χ3v) is 3.22. The summed E-state index contributed by atoms with van der Waals surface area (Å²) in [5.74, 6) is -0.0453. The van der Waals surface area contributed by atoms with Gasteiger partial charge in [-0.2, -0.15) is 5.26 Å². The lowest BCUT2D eigenvalue weighted by Gasteiger charge is -2.09. The number of hydrogen-bond acceptors (Lipinski definition) is 3. The van der Waals surface area contributed by atoms with Crippen LogP contribution in [0.3, 0.4) is 0 Å². The Kier molecular flexibility index (Phi) is 3.94. The molecule has 0 radical (unpaired) electrons. The van der Waals surface area contributed by atoms with E-state index in [1.807, 2.05) is 6.07 Å². The van der Waals surface area contributed by atoms with Crippen LogP contribution >= 0.6 is 31.9 Å². The molecule has 18 heavy (non-hydrogen) atoms. The second-order valence-corrected chi connectivity index (χ2v) is 5.15. The number of aromatic nitrogens is 1. The van der Waals surface area contributed by atoms with Crippen molar-refractivity contribution < 1.29 is 4.39 Å². The fourth-order valence-corrected chi connectivity index (χ4v) is 2.46. The second-order valence-electron chi connectivity index (χ2n) is 3.38. The van der Waals surface area contributed by atoms with E-state index in [-0.39, 0.29) is 5.56 Å². The molecule has 0 amide bonds. The number of pyridine rings is 1. The molecule has 2 aromatic rings. The highest BCUT2D eigenvalue weighted by Gasteiger charge is 2.10. The van der Waals surface area contributed by atoms with Gasteiger partial charge in [0.25, 0.3) is 0 Å². The largest absolute Gasteiger partial charge is 0.338 e. The van der Waals surface area contributed by atoms with E-state index in [0.717, 1.165) is 4.47 Å². The second kappa shape index (κ2) is 5.46. The highest BCUT2D eigenvalue weighted by atomic mass is 79.9. The van der Waals surface area contributed by atoms with Crippen LogP contribution in [0.4, 0.5) is 15.9 Å². The Bertz CT molecular complexity index is 638. The normalized spacial score (nSPS) is 9.89. The number of nitrogens with zero attached hydrogens (tertiary/aromatic N) is 2. The van der Waals surface area contributed by atoms with E-state index in [4.69, 9.17) is 5.26 Å². The standard InChI is InChI=1S/C12H6Br2FN3/c13-7-4-9(14)12(17-6-7)18-11-3-1-2-10(15)8(11)5-16/h1-4,6H,(H,17,18). The predicted octanol–water partition coefficient (Wildman–Crippen LogP) is 4.36. The maximum atomic E-state index is 13.4. The Morgan fingerprint density at radius 3 is 2.78 bits per heavy atom. The highest BCUT2D eigenvalue weighted by molar-refractivity contribution is 9.11. The van der Waals surface area contributed by atoms with Crippen molar-refractivity contribution in [2.45, 2.75) is 0 Å². The fraction of sp³-hybridized carbons (Fsp3) is 0. The van der Waals surface area contributed by atoms with Crippen LogP contribution in [0.5, 0.6) is 0 Å². The summed E-state index contributed by atoms with van der Waals surface area (Å²) in [7, 11) is 0. The topological polar surface area (TPSA) is 48.7 Å². The van der Waals surface area contributed by atoms with Crippen molar-refractivity contribution in [2.75, 3.05) is 5.32 Å². The van der Waals surface area contributed by atoms with Crippen LogP contribution in [0.15, 0.2) is 39.4 Å². The smallest absolute Gasteiger partial charge is 0.144 e. The van der Waals surface area contributed by atoms with Crippen LogP contribution in [0, 0.1) is 17.1 Å². The van der Waals surface area contributed by atoms with E-state index in [0.29, 0.717) is 16.0 Å². The van der Waals surface area contributed by atoms with Crippen LogP contribution in [0.1, 0.15) is 5.56 Å². The summed E-state index contributed by atoms with van der Waals surface area (Å²) in [6, 6.07) is 8.03. The molecule has 2 rings (SSSR count). The number of nitrogens with one attached hydrogen (secondary N) is 1. The Hall–Kier alpha value is -1.45. The molecule has 0 fully saturated rings. The average molecular weight is 371 g/mol. The Balaban J connectivity index is 2.41. The van der Waals surface area contributed by atoms with E-state index < -0.39 is 5.82 Å². The predicted molar refractivity (Wildman–Crippen MR) is 74.0 cm³/mol. The van der Waals surface area contributed by atoms with Gasteiger partial charge in [0, 0.05) is 10.7 Å². The SMILES string of the molecule is N#Cc1c(F)cccc1Nc1ncc(Br)cc1Br. The van der Waals surface area contributed by atoms with Gasteiger partial charge in [-0.15, -0.1) is 0 Å². The first kappa shape index (κ1) is 13.0. The molecule has 0 bridgehead atoms. The molecule has 0 aliphatic rings. The van der Waals surface area contributed by atoms with Gasteiger partial charge < -0.3 is 5.32 Å². The molecule has 6 heteroatoms. The summed E-state index contributed by atoms with van der Waals surface area (Å²) in [5.41, 5.74) is 0.349. The summed E-state index contributed by atoms with van der Waals surface area (Å²) >= 11 is 6.63. The van der Waals surface area contributed by atoms with Crippen molar-refractivity contribution >= 4 is 43.4 Å². The monoisotopic (exact) mass is 369 g/mol. The molecule has 1 aromatic carbocycles. The van der Waals surface area contributed by atoms with Crippen molar-refractivity contribution in [3.8, 4) is 6.07 Å². The summed E-state index contributed by atoms with van der Waals surface area (Å²) in [5, 5.41) is 11.8. The van der Waals surface area contributed by atoms with Crippen molar-refractivity contribution in [1.82, 2.24) is 4.98 Å². The Morgan fingerprint density at radius 2 is 2.11 bits per heavy atom. The lowest BCUT2D eigenvalue weighted by molar-refractivity contribution is 0.624. The third-order valence-electron chi connectivity index (χ3n) is 2.19. The molecule has 0 atom stereocenters. The first-order chi connectivity index (χ1) is 8.61. The van der Waals surface area contributed by atoms with Crippen LogP contribution in [0.25, 0.3) is 0 Å². The number of hydrogen-bond donors (Lipinski definition) is 1. The average Bonchev–Trinajstić information content (AvgIpc) is 2.33. The molecule has 0 spiro atoms. The van der Waals surface area contributed by atoms with Gasteiger partial charge in [0.05, 0.1) is 10.2 Å². The van der Waals surface area contributed by atoms with Gasteiger partial charge in [-0.3, -0.25) is 0 Å². The summed E-state index contributed by atoms with van der Waals surface area (Å²) in [6.45, 7) is 0. The molecular formula is C12H6Br2FN3. The van der Waals surface area contributed by atoms with Crippen LogP contribution < -0.4 is 5.32 Å². The van der Waals surface area contributed by atoms with Crippen molar-refractivity contribution in [2.24, 2.45) is 0 Å². The van der Waals surface area contributed by atoms with E-state index in [1.54, 1.807) is 18.3 Å². The molecule has 1 N–H and O–H groups in total. The Morgan fingerprint density at radius 1 is 1.33 bits per heavy atom. The van der Waals surface area contributed by atoms with E-state index >= 15 is 0 Å². The van der Waals surface area contributed by atoms with Crippen LogP contribution in [-0.4, -0.2) is 4.98 Å². The summed E-state index contributed by atoms with van der Waals surface area (Å²) in [6.07, 6.45) is 1.61. The molecular weight excluding hydrogens is 365 g/mol. The first-order valence-electron chi connectivity index (χ1n) is 4.88. The van der Waals surface area contributed by atoms with E-state index in [2.05, 4.69) is 42.2 Å². The van der Waals surface area contributed by atoms with Gasteiger partial charge in [0.2, 0.25) is 0 Å². The number of anilines is 2. The first-order valence-corrected chi connectivity index (χ1v) is 6.47. The minimum Gasteiger partial charge on any atom is -0.338 e. The molecule has 0 saturated carbocycles. The summed E-state index contributed by atoms with van der Waals surface area (Å²) in [4.78, 5) is 4.14. The summed E-state index contributed by atoms with van der Waals surface area (Å²) < 4.78 is 14.9. The quantitative estimate of drug-likeness (QED) is 0.854. The fourth-order valence-electron chi connectivity index (χ4n) is 1.38. The molecule has 3 nitrogen and oxygen atoms in total. The minimum atomic E-state index is -0.560. The zero-order valence-corrected chi connectivity index (χ0v) is 12.1. The lowest BCUT2D eigenvalue weighted by Crippen LogP contribution is -1.98. The van der Waals surface area contributed by atoms with Crippen LogP contribution in [-0.2, 0) is 0 Å². The van der Waals surface area contributed by atoms with Gasteiger partial charge in [-0.25, -0.2) is 9.37 Å². The van der Waals surface area contributed by atoms with Crippen molar-refractivity contribution in [1.29, 1.82) is 5.26 Å². The molecule has 1 aromatic heterocycles. The minimum absolute atomic E-state index is 0.0332. The zero-order chi connectivity index (χ0) is 13.1. The highest BCUT2D eigenvalue weighted by Crippen LogP contribution is 2.28. The molecule has 0 aliphatic carbocycles. The van der Waals surface area contributed by atoms with Gasteiger partial charge >= 0.3 is 0 Å². The van der Waals surface area contributed by atoms with E-state index in [9.17, 15) is 4.39 Å². The van der Waals surface area contributed by atoms with E-state index in [1.165, 1.54) is 12.1 Å². The maximum Gasteiger partial charge on any atom is 0.144 e. The lowest BCUT2D eigenvalue weighted by atomic mass is 10.2. The number of benzene rings is 1. The Labute approximate surface area is 120 Å². The third kappa shape index (κ3) is 2.68. The molecule has 90 valence electrons. The molecule has 0 aliphatic heterocycles. The molecule has 0 saturated heterocycles. The van der Waals surface area contributed by atoms with Crippen LogP contribution in [0.2, 0.25) is 0 Å². The van der Waals surface area contributed by atoms with Gasteiger partial charge in [0.15, 0.2) is 0 Å². The van der Waals surface area contributed by atoms with Gasteiger partial charge in [0.1, 0.15) is 23.3 Å². The zero-order valence-electron chi connectivity index (χ0n) is 8.92. The molecule has 1 heterocycles. The van der Waals surface area contributed by atoms with Crippen molar-refractivity contribution in [3.05, 3.63) is 50.8 Å². The number of halogens is 3. The van der Waals surface area contributed by atoms with Gasteiger partial charge in [-0.1, -0.05) is 6.07 Å².